The van der Waals surface area contributed by atoms with Gasteiger partial charge in [-0.2, -0.15) is 0 Å². The van der Waals surface area contributed by atoms with Crippen molar-refractivity contribution < 1.29 is 0 Å². The van der Waals surface area contributed by atoms with Crippen LogP contribution in [0.25, 0.3) is 0 Å². The van der Waals surface area contributed by atoms with Crippen LogP contribution in [0.15, 0.2) is 0 Å². The topological polar surface area (TPSA) is 12.0 Å². The smallest absolute Gasteiger partial charge is 0.00489 e. The Hall–Kier alpha value is -0.0400. The average Bonchev–Trinajstić information content (AvgIpc) is 2.71. The lowest BCUT2D eigenvalue weighted by molar-refractivity contribution is 0.507. The van der Waals surface area contributed by atoms with Gasteiger partial charge in [-0.1, -0.05) is 148 Å². The van der Waals surface area contributed by atoms with Crippen LogP contribution in [0.1, 0.15) is 161 Å². The maximum atomic E-state index is 3.66. The first-order valence-electron chi connectivity index (χ1n) is 13.7. The minimum atomic E-state index is 1.25. The van der Waals surface area contributed by atoms with Crippen molar-refractivity contribution in [1.82, 2.24) is 5.32 Å². The molecule has 1 saturated heterocycles. The van der Waals surface area contributed by atoms with Gasteiger partial charge in [0.2, 0.25) is 0 Å². The van der Waals surface area contributed by atoms with Gasteiger partial charge >= 0.3 is 0 Å². The standard InChI is InChI=1S/C27H55N/c1-2-4-6-8-10-12-14-16-18-20-22-24-26-28-27-25-23-21-19-17-15-13-11-9-7-5-3-1/h28H,1-27H2. The van der Waals surface area contributed by atoms with Gasteiger partial charge in [0.1, 0.15) is 0 Å². The number of hydrogen-bond acceptors (Lipinski definition) is 1. The fraction of sp³-hybridized carbons (Fsp3) is 1.00. The summed E-state index contributed by atoms with van der Waals surface area (Å²) in [5.74, 6) is 0. The molecule has 1 nitrogen and oxygen atoms in total. The van der Waals surface area contributed by atoms with Gasteiger partial charge in [-0.3, -0.25) is 0 Å². The van der Waals surface area contributed by atoms with Gasteiger partial charge < -0.3 is 5.32 Å². The van der Waals surface area contributed by atoms with Crippen molar-refractivity contribution >= 4 is 0 Å². The van der Waals surface area contributed by atoms with Crippen LogP contribution < -0.4 is 5.32 Å². The van der Waals surface area contributed by atoms with Crippen LogP contribution in [-0.2, 0) is 0 Å². The fourth-order valence-electron chi connectivity index (χ4n) is 4.69. The van der Waals surface area contributed by atoms with E-state index in [9.17, 15) is 0 Å². The molecule has 0 amide bonds. The van der Waals surface area contributed by atoms with Gasteiger partial charge in [-0.15, -0.1) is 0 Å². The molecule has 1 aliphatic rings. The van der Waals surface area contributed by atoms with Crippen molar-refractivity contribution in [2.45, 2.75) is 161 Å². The molecule has 0 atom stereocenters. The number of nitrogens with one attached hydrogen (secondary N) is 1. The third kappa shape index (κ3) is 20.7. The Morgan fingerprint density at radius 3 is 0.500 bits per heavy atom. The second kappa shape index (κ2) is 23.2. The number of hydrogen-bond donors (Lipinski definition) is 1. The Morgan fingerprint density at radius 2 is 0.321 bits per heavy atom. The molecule has 168 valence electrons. The molecule has 0 bridgehead atoms. The van der Waals surface area contributed by atoms with Gasteiger partial charge in [0, 0.05) is 0 Å². The Labute approximate surface area is 179 Å². The maximum absolute atomic E-state index is 3.66. The summed E-state index contributed by atoms with van der Waals surface area (Å²) < 4.78 is 0. The molecule has 1 rings (SSSR count). The zero-order valence-corrected chi connectivity index (χ0v) is 19.6. The third-order valence-electron chi connectivity index (χ3n) is 6.71. The first kappa shape index (κ1) is 26.0. The Kier molecular flexibility index (Phi) is 21.6. The lowest BCUT2D eigenvalue weighted by atomic mass is 10.0. The molecular weight excluding hydrogens is 338 g/mol. The van der Waals surface area contributed by atoms with E-state index >= 15 is 0 Å². The van der Waals surface area contributed by atoms with E-state index in [-0.39, 0.29) is 0 Å². The molecular formula is C27H55N. The summed E-state index contributed by atoms with van der Waals surface area (Å²) in [6.45, 7) is 2.50. The van der Waals surface area contributed by atoms with E-state index in [1.165, 1.54) is 174 Å². The van der Waals surface area contributed by atoms with Crippen LogP contribution in [0.5, 0.6) is 0 Å². The van der Waals surface area contributed by atoms with E-state index in [2.05, 4.69) is 5.32 Å². The fourth-order valence-corrected chi connectivity index (χ4v) is 4.69. The molecule has 0 spiro atoms. The van der Waals surface area contributed by atoms with E-state index in [1.54, 1.807) is 0 Å². The quantitative estimate of drug-likeness (QED) is 0.432. The highest BCUT2D eigenvalue weighted by Gasteiger charge is 1.97. The molecule has 0 saturated carbocycles. The molecule has 0 aromatic rings. The third-order valence-corrected chi connectivity index (χ3v) is 6.71. The summed E-state index contributed by atoms with van der Waals surface area (Å²) in [6, 6.07) is 0. The molecule has 1 fully saturated rings. The van der Waals surface area contributed by atoms with Gasteiger partial charge in [-0.05, 0) is 25.9 Å². The van der Waals surface area contributed by atoms with E-state index in [0.29, 0.717) is 0 Å². The van der Waals surface area contributed by atoms with Crippen LogP contribution in [-0.4, -0.2) is 13.1 Å². The molecule has 0 aromatic carbocycles. The summed E-state index contributed by atoms with van der Waals surface area (Å²) in [5, 5.41) is 3.66. The van der Waals surface area contributed by atoms with Gasteiger partial charge in [-0.25, -0.2) is 0 Å². The van der Waals surface area contributed by atoms with E-state index < -0.39 is 0 Å². The lowest BCUT2D eigenvalue weighted by Crippen LogP contribution is -2.16. The molecule has 28 heavy (non-hydrogen) atoms. The highest BCUT2D eigenvalue weighted by molar-refractivity contribution is 4.54. The van der Waals surface area contributed by atoms with Gasteiger partial charge in [0.25, 0.3) is 0 Å². The Balaban J connectivity index is 2.00. The average molecular weight is 394 g/mol. The van der Waals surface area contributed by atoms with E-state index in [4.69, 9.17) is 0 Å². The molecule has 0 aliphatic carbocycles. The van der Waals surface area contributed by atoms with Crippen molar-refractivity contribution in [3.05, 3.63) is 0 Å². The van der Waals surface area contributed by atoms with Crippen LogP contribution in [0.2, 0.25) is 0 Å². The van der Waals surface area contributed by atoms with Crippen LogP contribution >= 0.6 is 0 Å². The maximum Gasteiger partial charge on any atom is -0.00489 e. The first-order chi connectivity index (χ1) is 14.0. The van der Waals surface area contributed by atoms with E-state index in [0.717, 1.165) is 0 Å². The van der Waals surface area contributed by atoms with Crippen molar-refractivity contribution in [2.75, 3.05) is 13.1 Å². The van der Waals surface area contributed by atoms with Crippen LogP contribution in [0.3, 0.4) is 0 Å². The summed E-state index contributed by atoms with van der Waals surface area (Å²) in [6.07, 6.45) is 36.8. The molecule has 1 heterocycles. The summed E-state index contributed by atoms with van der Waals surface area (Å²) in [5.41, 5.74) is 0. The number of rotatable bonds is 0. The predicted molar refractivity (Wildman–Crippen MR) is 128 cm³/mol. The Bertz CT molecular complexity index is 141. The predicted octanol–water partition coefficient (Wildman–Crippen LogP) is 9.34. The molecule has 0 unspecified atom stereocenters. The summed E-state index contributed by atoms with van der Waals surface area (Å²) in [4.78, 5) is 0. The van der Waals surface area contributed by atoms with E-state index in [1.807, 2.05) is 0 Å². The monoisotopic (exact) mass is 393 g/mol. The Morgan fingerprint density at radius 1 is 0.179 bits per heavy atom. The van der Waals surface area contributed by atoms with Crippen LogP contribution in [0, 0.1) is 0 Å². The summed E-state index contributed by atoms with van der Waals surface area (Å²) in [7, 11) is 0. The summed E-state index contributed by atoms with van der Waals surface area (Å²) >= 11 is 0. The minimum Gasteiger partial charge on any atom is -0.317 e. The highest BCUT2D eigenvalue weighted by atomic mass is 14.8. The normalized spacial score (nSPS) is 24.0. The van der Waals surface area contributed by atoms with Crippen LogP contribution in [0.4, 0.5) is 0 Å². The van der Waals surface area contributed by atoms with Crippen molar-refractivity contribution in [1.29, 1.82) is 0 Å². The highest BCUT2D eigenvalue weighted by Crippen LogP contribution is 2.15. The zero-order chi connectivity index (χ0) is 19.8. The van der Waals surface area contributed by atoms with Gasteiger partial charge in [0.05, 0.1) is 0 Å². The molecule has 1 N–H and O–H groups in total. The second-order valence-electron chi connectivity index (χ2n) is 9.59. The SMILES string of the molecule is C1CCCCCCCCCCCCCNCCCCCCCCCCCCC1. The lowest BCUT2D eigenvalue weighted by Gasteiger charge is -2.06. The largest absolute Gasteiger partial charge is 0.317 e. The van der Waals surface area contributed by atoms with Gasteiger partial charge in [0.15, 0.2) is 0 Å². The first-order valence-corrected chi connectivity index (χ1v) is 13.7. The van der Waals surface area contributed by atoms with Crippen molar-refractivity contribution in [2.24, 2.45) is 0 Å². The van der Waals surface area contributed by atoms with Crippen molar-refractivity contribution in [3.63, 3.8) is 0 Å². The molecule has 0 aromatic heterocycles. The minimum absolute atomic E-state index is 1.25. The molecule has 1 aliphatic heterocycles. The second-order valence-corrected chi connectivity index (χ2v) is 9.59. The molecule has 1 heteroatoms. The molecule has 0 radical (unpaired) electrons. The zero-order valence-electron chi connectivity index (χ0n) is 19.6. The van der Waals surface area contributed by atoms with Crippen molar-refractivity contribution in [3.8, 4) is 0 Å².